The Labute approximate surface area is 180 Å². The molecule has 0 radical (unpaired) electrons. The fraction of sp³-hybridized carbons (Fsp3) is 0.440. The molecule has 2 aromatic carbocycles. The van der Waals surface area contributed by atoms with Crippen LogP contribution in [0.15, 0.2) is 48.7 Å². The summed E-state index contributed by atoms with van der Waals surface area (Å²) in [7, 11) is 2.22. The first kappa shape index (κ1) is 20.8. The number of piperidine rings is 1. The summed E-state index contributed by atoms with van der Waals surface area (Å²) in [6, 6.07) is 15.4. The van der Waals surface area contributed by atoms with Crippen molar-refractivity contribution in [1.29, 1.82) is 0 Å². The lowest BCUT2D eigenvalue weighted by molar-refractivity contribution is 0.122. The van der Waals surface area contributed by atoms with Gasteiger partial charge in [-0.1, -0.05) is 13.5 Å². The standard InChI is InChI=1S/C24H30N4O.CH4/c1-27-10-8-18(9-11-27)23-17-25-24-16-20(4-7-22(23)24)26-19-2-5-21(6-3-19)28-12-14-29-15-13-28;/h2-7,16-18,25-26H,8-15H2,1H3;1H4. The Hall–Kier alpha value is -2.50. The van der Waals surface area contributed by atoms with Crippen molar-refractivity contribution in [3.05, 3.63) is 54.2 Å². The van der Waals surface area contributed by atoms with E-state index in [9.17, 15) is 0 Å². The minimum Gasteiger partial charge on any atom is -0.378 e. The lowest BCUT2D eigenvalue weighted by atomic mass is 9.89. The van der Waals surface area contributed by atoms with E-state index < -0.39 is 0 Å². The first-order valence-electron chi connectivity index (χ1n) is 10.8. The summed E-state index contributed by atoms with van der Waals surface area (Å²) in [6.45, 7) is 5.95. The number of nitrogens with one attached hydrogen (secondary N) is 2. The molecule has 2 aliphatic heterocycles. The highest BCUT2D eigenvalue weighted by molar-refractivity contribution is 5.87. The molecular weight excluding hydrogens is 372 g/mol. The Morgan fingerprint density at radius 3 is 2.37 bits per heavy atom. The lowest BCUT2D eigenvalue weighted by Gasteiger charge is -2.29. The van der Waals surface area contributed by atoms with Crippen LogP contribution >= 0.6 is 0 Å². The molecule has 2 N–H and O–H groups in total. The van der Waals surface area contributed by atoms with Crippen molar-refractivity contribution in [3.63, 3.8) is 0 Å². The van der Waals surface area contributed by atoms with E-state index in [0.29, 0.717) is 5.92 Å². The number of benzene rings is 2. The zero-order valence-electron chi connectivity index (χ0n) is 17.2. The van der Waals surface area contributed by atoms with Gasteiger partial charge >= 0.3 is 0 Å². The Balaban J connectivity index is 0.00000218. The number of nitrogens with zero attached hydrogens (tertiary/aromatic N) is 2. The number of ether oxygens (including phenoxy) is 1. The highest BCUT2D eigenvalue weighted by Gasteiger charge is 2.21. The third kappa shape index (κ3) is 4.32. The summed E-state index contributed by atoms with van der Waals surface area (Å²) in [6.07, 6.45) is 4.72. The molecule has 0 bridgehead atoms. The van der Waals surface area contributed by atoms with Crippen LogP contribution in [0.3, 0.4) is 0 Å². The summed E-state index contributed by atoms with van der Waals surface area (Å²) in [5.41, 5.74) is 6.20. The molecule has 3 heterocycles. The topological polar surface area (TPSA) is 43.5 Å². The predicted molar refractivity (Wildman–Crippen MR) is 127 cm³/mol. The van der Waals surface area contributed by atoms with Gasteiger partial charge in [-0.05, 0) is 80.9 Å². The molecule has 1 aromatic heterocycles. The summed E-state index contributed by atoms with van der Waals surface area (Å²) < 4.78 is 5.45. The van der Waals surface area contributed by atoms with E-state index in [1.165, 1.54) is 48.1 Å². The Morgan fingerprint density at radius 1 is 0.933 bits per heavy atom. The molecule has 0 aliphatic carbocycles. The molecule has 0 unspecified atom stereocenters. The molecule has 30 heavy (non-hydrogen) atoms. The van der Waals surface area contributed by atoms with Gasteiger partial charge in [-0.3, -0.25) is 0 Å². The van der Waals surface area contributed by atoms with Crippen LogP contribution < -0.4 is 10.2 Å². The lowest BCUT2D eigenvalue weighted by Crippen LogP contribution is -2.36. The molecule has 160 valence electrons. The van der Waals surface area contributed by atoms with Crippen molar-refractivity contribution in [3.8, 4) is 0 Å². The fourth-order valence-electron chi connectivity index (χ4n) is 4.63. The maximum atomic E-state index is 5.45. The second kappa shape index (κ2) is 9.11. The molecule has 3 aromatic rings. The zero-order chi connectivity index (χ0) is 19.6. The highest BCUT2D eigenvalue weighted by atomic mass is 16.5. The number of anilines is 3. The third-order valence-corrected chi connectivity index (χ3v) is 6.40. The third-order valence-electron chi connectivity index (χ3n) is 6.40. The molecular formula is C25H34N4O. The summed E-state index contributed by atoms with van der Waals surface area (Å²) >= 11 is 0. The maximum absolute atomic E-state index is 5.45. The van der Waals surface area contributed by atoms with Crippen molar-refractivity contribution >= 4 is 28.0 Å². The minimum absolute atomic E-state index is 0. The first-order chi connectivity index (χ1) is 14.3. The minimum atomic E-state index is 0. The van der Waals surface area contributed by atoms with Crippen LogP contribution in [0.1, 0.15) is 31.7 Å². The average molecular weight is 407 g/mol. The van der Waals surface area contributed by atoms with Gasteiger partial charge in [0.1, 0.15) is 0 Å². The number of hydrogen-bond acceptors (Lipinski definition) is 4. The predicted octanol–water partition coefficient (Wildman–Crippen LogP) is 5.19. The van der Waals surface area contributed by atoms with Crippen LogP contribution in [0.25, 0.3) is 10.9 Å². The van der Waals surface area contributed by atoms with Crippen LogP contribution in [0, 0.1) is 0 Å². The van der Waals surface area contributed by atoms with Gasteiger partial charge in [-0.2, -0.15) is 0 Å². The number of morpholine rings is 1. The van der Waals surface area contributed by atoms with Crippen LogP contribution in [-0.2, 0) is 4.74 Å². The first-order valence-corrected chi connectivity index (χ1v) is 10.8. The summed E-state index contributed by atoms with van der Waals surface area (Å²) in [4.78, 5) is 8.31. The molecule has 0 atom stereocenters. The van der Waals surface area contributed by atoms with Gasteiger partial charge in [0.25, 0.3) is 0 Å². The number of rotatable bonds is 4. The van der Waals surface area contributed by atoms with Gasteiger partial charge in [-0.15, -0.1) is 0 Å². The Kier molecular flexibility index (Phi) is 6.30. The van der Waals surface area contributed by atoms with Crippen molar-refractivity contribution in [2.75, 3.05) is 56.7 Å². The number of aromatic amines is 1. The van der Waals surface area contributed by atoms with Gasteiger partial charge in [0.05, 0.1) is 13.2 Å². The highest BCUT2D eigenvalue weighted by Crippen LogP contribution is 2.34. The molecule has 2 aliphatic rings. The van der Waals surface area contributed by atoms with E-state index in [-0.39, 0.29) is 7.43 Å². The quantitative estimate of drug-likeness (QED) is 0.625. The van der Waals surface area contributed by atoms with Gasteiger partial charge in [0, 0.05) is 47.3 Å². The van der Waals surface area contributed by atoms with Crippen LogP contribution in [0.2, 0.25) is 0 Å². The van der Waals surface area contributed by atoms with Gasteiger partial charge in [-0.25, -0.2) is 0 Å². The van der Waals surface area contributed by atoms with E-state index in [2.05, 4.69) is 75.8 Å². The van der Waals surface area contributed by atoms with E-state index in [1.54, 1.807) is 0 Å². The molecule has 5 nitrogen and oxygen atoms in total. The van der Waals surface area contributed by atoms with E-state index >= 15 is 0 Å². The summed E-state index contributed by atoms with van der Waals surface area (Å²) in [5.74, 6) is 0.673. The number of hydrogen-bond donors (Lipinski definition) is 2. The average Bonchev–Trinajstić information content (AvgIpc) is 3.19. The van der Waals surface area contributed by atoms with E-state index in [4.69, 9.17) is 4.74 Å². The number of fused-ring (bicyclic) bond motifs is 1. The fourth-order valence-corrected chi connectivity index (χ4v) is 4.63. The summed E-state index contributed by atoms with van der Waals surface area (Å²) in [5, 5.41) is 4.92. The van der Waals surface area contributed by atoms with Gasteiger partial charge in [0.15, 0.2) is 0 Å². The van der Waals surface area contributed by atoms with Crippen LogP contribution in [0.4, 0.5) is 17.1 Å². The van der Waals surface area contributed by atoms with Crippen LogP contribution in [-0.4, -0.2) is 56.3 Å². The number of likely N-dealkylation sites (tertiary alicyclic amines) is 1. The molecule has 0 amide bonds. The van der Waals surface area contributed by atoms with Crippen molar-refractivity contribution in [2.45, 2.75) is 26.2 Å². The Bertz CT molecular complexity index is 951. The van der Waals surface area contributed by atoms with Crippen molar-refractivity contribution in [2.24, 2.45) is 0 Å². The monoisotopic (exact) mass is 406 g/mol. The second-order valence-electron chi connectivity index (χ2n) is 8.35. The molecule has 5 rings (SSSR count). The zero-order valence-corrected chi connectivity index (χ0v) is 17.2. The van der Waals surface area contributed by atoms with Crippen molar-refractivity contribution < 1.29 is 4.74 Å². The van der Waals surface area contributed by atoms with E-state index in [1.807, 2.05) is 0 Å². The normalized spacial score (nSPS) is 18.4. The number of aromatic nitrogens is 1. The van der Waals surface area contributed by atoms with Gasteiger partial charge < -0.3 is 24.8 Å². The number of H-pyrrole nitrogens is 1. The van der Waals surface area contributed by atoms with E-state index in [0.717, 1.165) is 37.7 Å². The molecule has 5 heteroatoms. The molecule has 0 saturated carbocycles. The van der Waals surface area contributed by atoms with Crippen molar-refractivity contribution in [1.82, 2.24) is 9.88 Å². The second-order valence-corrected chi connectivity index (χ2v) is 8.35. The Morgan fingerprint density at radius 2 is 1.63 bits per heavy atom. The van der Waals surface area contributed by atoms with Gasteiger partial charge in [0.2, 0.25) is 0 Å². The van der Waals surface area contributed by atoms with Crippen LogP contribution in [0.5, 0.6) is 0 Å². The largest absolute Gasteiger partial charge is 0.378 e. The molecule has 2 saturated heterocycles. The maximum Gasteiger partial charge on any atom is 0.0642 e. The SMILES string of the molecule is C.CN1CCC(c2c[nH]c3cc(Nc4ccc(N5CCOCC5)cc4)ccc23)CC1. The molecule has 2 fully saturated rings. The smallest absolute Gasteiger partial charge is 0.0642 e. The molecule has 0 spiro atoms.